The molecule has 0 spiro atoms. The van der Waals surface area contributed by atoms with Gasteiger partial charge in [-0.1, -0.05) is 0 Å². The van der Waals surface area contributed by atoms with Crippen LogP contribution in [0.2, 0.25) is 0 Å². The van der Waals surface area contributed by atoms with Gasteiger partial charge in [-0.15, -0.1) is 11.3 Å². The van der Waals surface area contributed by atoms with Crippen molar-refractivity contribution in [2.45, 2.75) is 6.92 Å². The first-order chi connectivity index (χ1) is 5.36. The first-order valence-corrected chi connectivity index (χ1v) is 4.08. The van der Waals surface area contributed by atoms with Crippen LogP contribution in [0.1, 0.15) is 5.69 Å². The molecular formula is C7H6N3S. The minimum atomic E-state index is 0.795. The average Bonchev–Trinajstić information content (AvgIpc) is 2.55. The fourth-order valence-electron chi connectivity index (χ4n) is 0.802. The Morgan fingerprint density at radius 1 is 1.64 bits per heavy atom. The first kappa shape index (κ1) is 6.54. The number of hydrogen-bond donors (Lipinski definition) is 1. The Kier molecular flexibility index (Phi) is 1.47. The largest absolute Gasteiger partial charge is 0.284 e. The van der Waals surface area contributed by atoms with Crippen molar-refractivity contribution in [2.75, 3.05) is 0 Å². The van der Waals surface area contributed by atoms with Crippen molar-refractivity contribution < 1.29 is 0 Å². The number of nitrogens with one attached hydrogen (secondary N) is 1. The third-order valence-electron chi connectivity index (χ3n) is 1.27. The molecule has 0 saturated heterocycles. The van der Waals surface area contributed by atoms with Gasteiger partial charge in [0.1, 0.15) is 10.7 Å². The smallest absolute Gasteiger partial charge is 0.144 e. The average molecular weight is 164 g/mol. The zero-order valence-corrected chi connectivity index (χ0v) is 6.77. The Morgan fingerprint density at radius 2 is 2.55 bits per heavy atom. The maximum absolute atomic E-state index is 4.26. The lowest BCUT2D eigenvalue weighted by Crippen LogP contribution is -1.76. The second kappa shape index (κ2) is 2.47. The Labute approximate surface area is 68.1 Å². The third kappa shape index (κ3) is 1.17. The number of thiazole rings is 1. The van der Waals surface area contributed by atoms with Crippen molar-refractivity contribution in [3.63, 3.8) is 0 Å². The molecule has 2 aromatic rings. The van der Waals surface area contributed by atoms with Crippen LogP contribution < -0.4 is 0 Å². The van der Waals surface area contributed by atoms with E-state index in [9.17, 15) is 0 Å². The maximum atomic E-state index is 4.26. The number of nitrogens with zero attached hydrogens (tertiary/aromatic N) is 2. The van der Waals surface area contributed by atoms with Gasteiger partial charge >= 0.3 is 0 Å². The van der Waals surface area contributed by atoms with Crippen LogP contribution in [0.25, 0.3) is 10.7 Å². The summed E-state index contributed by atoms with van der Waals surface area (Å²) < 4.78 is 0. The molecule has 1 N–H and O–H groups in total. The molecule has 11 heavy (non-hydrogen) atoms. The molecule has 0 aliphatic carbocycles. The third-order valence-corrected chi connectivity index (χ3v) is 2.24. The van der Waals surface area contributed by atoms with E-state index in [0.29, 0.717) is 0 Å². The molecule has 0 saturated carbocycles. The second-order valence-corrected chi connectivity index (χ2v) is 3.03. The van der Waals surface area contributed by atoms with Crippen LogP contribution >= 0.6 is 11.3 Å². The molecule has 3 nitrogen and oxygen atoms in total. The lowest BCUT2D eigenvalue weighted by molar-refractivity contribution is 1.09. The van der Waals surface area contributed by atoms with Gasteiger partial charge in [0.05, 0.1) is 0 Å². The lowest BCUT2D eigenvalue weighted by atomic mass is 10.4. The van der Waals surface area contributed by atoms with Crippen LogP contribution in [0, 0.1) is 13.0 Å². The SMILES string of the molecule is Cc1csc(-c2[c]c[nH]n2)n1. The van der Waals surface area contributed by atoms with E-state index in [2.05, 4.69) is 21.2 Å². The quantitative estimate of drug-likeness (QED) is 0.696. The number of aromatic amines is 1. The van der Waals surface area contributed by atoms with Crippen LogP contribution in [-0.2, 0) is 0 Å². The van der Waals surface area contributed by atoms with Crippen molar-refractivity contribution in [1.82, 2.24) is 15.2 Å². The molecule has 0 bridgehead atoms. The highest BCUT2D eigenvalue weighted by molar-refractivity contribution is 7.13. The van der Waals surface area contributed by atoms with E-state index in [0.717, 1.165) is 16.4 Å². The van der Waals surface area contributed by atoms with Crippen LogP contribution in [0.3, 0.4) is 0 Å². The van der Waals surface area contributed by atoms with Gasteiger partial charge in [0, 0.05) is 23.3 Å². The summed E-state index contributed by atoms with van der Waals surface area (Å²) in [7, 11) is 0. The molecule has 4 heteroatoms. The van der Waals surface area contributed by atoms with E-state index in [-0.39, 0.29) is 0 Å². The van der Waals surface area contributed by atoms with Gasteiger partial charge in [-0.2, -0.15) is 5.10 Å². The molecule has 2 rings (SSSR count). The summed E-state index contributed by atoms with van der Waals surface area (Å²) in [6.07, 6.45) is 1.67. The summed E-state index contributed by atoms with van der Waals surface area (Å²) in [5.41, 5.74) is 1.82. The van der Waals surface area contributed by atoms with E-state index < -0.39 is 0 Å². The van der Waals surface area contributed by atoms with Crippen molar-refractivity contribution in [2.24, 2.45) is 0 Å². The molecule has 1 radical (unpaired) electrons. The number of aryl methyl sites for hydroxylation is 1. The molecule has 55 valence electrons. The van der Waals surface area contributed by atoms with Crippen molar-refractivity contribution >= 4 is 11.3 Å². The van der Waals surface area contributed by atoms with Gasteiger partial charge < -0.3 is 0 Å². The topological polar surface area (TPSA) is 41.6 Å². The van der Waals surface area contributed by atoms with Gasteiger partial charge in [0.2, 0.25) is 0 Å². The van der Waals surface area contributed by atoms with E-state index >= 15 is 0 Å². The van der Waals surface area contributed by atoms with Crippen molar-refractivity contribution in [3.8, 4) is 10.7 Å². The summed E-state index contributed by atoms with van der Waals surface area (Å²) >= 11 is 1.58. The van der Waals surface area contributed by atoms with Crippen molar-refractivity contribution in [3.05, 3.63) is 23.3 Å². The Balaban J connectivity index is 2.45. The number of hydrogen-bond acceptors (Lipinski definition) is 3. The summed E-state index contributed by atoms with van der Waals surface area (Å²) in [6.45, 7) is 1.96. The molecule has 0 atom stereocenters. The summed E-state index contributed by atoms with van der Waals surface area (Å²) in [6, 6.07) is 2.95. The monoisotopic (exact) mass is 164 g/mol. The van der Waals surface area contributed by atoms with Gasteiger partial charge in [0.25, 0.3) is 0 Å². The fraction of sp³-hybridized carbons (Fsp3) is 0.143. The minimum Gasteiger partial charge on any atom is -0.284 e. The Bertz CT molecular complexity index is 336. The fourth-order valence-corrected chi connectivity index (χ4v) is 1.55. The Morgan fingerprint density at radius 3 is 3.09 bits per heavy atom. The molecule has 0 aliphatic rings. The Hall–Kier alpha value is -1.16. The molecular weight excluding hydrogens is 158 g/mol. The molecule has 0 amide bonds. The highest BCUT2D eigenvalue weighted by Crippen LogP contribution is 2.19. The van der Waals surface area contributed by atoms with Gasteiger partial charge in [0.15, 0.2) is 0 Å². The highest BCUT2D eigenvalue weighted by atomic mass is 32.1. The number of aromatic nitrogens is 3. The normalized spacial score (nSPS) is 10.3. The van der Waals surface area contributed by atoms with Crippen molar-refractivity contribution in [1.29, 1.82) is 0 Å². The summed E-state index contributed by atoms with van der Waals surface area (Å²) in [5, 5.41) is 9.58. The van der Waals surface area contributed by atoms with Gasteiger partial charge in [-0.05, 0) is 6.92 Å². The van der Waals surface area contributed by atoms with E-state index in [4.69, 9.17) is 0 Å². The van der Waals surface area contributed by atoms with Gasteiger partial charge in [-0.25, -0.2) is 4.98 Å². The maximum Gasteiger partial charge on any atom is 0.144 e. The molecule has 0 unspecified atom stereocenters. The van der Waals surface area contributed by atoms with Gasteiger partial charge in [-0.3, -0.25) is 5.10 Å². The van der Waals surface area contributed by atoms with E-state index in [1.807, 2.05) is 12.3 Å². The molecule has 2 heterocycles. The first-order valence-electron chi connectivity index (χ1n) is 3.20. The standard InChI is InChI=1S/C7H6N3S/c1-5-4-11-7(9-5)6-2-3-8-10-6/h3-4H,1H3,(H,8,10). The molecule has 2 aromatic heterocycles. The minimum absolute atomic E-state index is 0.795. The van der Waals surface area contributed by atoms with Crippen LogP contribution in [0.4, 0.5) is 0 Å². The van der Waals surface area contributed by atoms with E-state index in [1.165, 1.54) is 0 Å². The second-order valence-electron chi connectivity index (χ2n) is 2.17. The van der Waals surface area contributed by atoms with E-state index in [1.54, 1.807) is 17.5 Å². The highest BCUT2D eigenvalue weighted by Gasteiger charge is 2.02. The number of rotatable bonds is 1. The molecule has 0 fully saturated rings. The lowest BCUT2D eigenvalue weighted by Gasteiger charge is -1.82. The molecule has 0 aromatic carbocycles. The molecule has 0 aliphatic heterocycles. The van der Waals surface area contributed by atoms with Crippen LogP contribution in [0.15, 0.2) is 11.6 Å². The zero-order chi connectivity index (χ0) is 7.68. The summed E-state index contributed by atoms with van der Waals surface area (Å²) in [4.78, 5) is 4.26. The summed E-state index contributed by atoms with van der Waals surface area (Å²) in [5.74, 6) is 0. The number of H-pyrrole nitrogens is 1. The zero-order valence-electron chi connectivity index (χ0n) is 5.96. The van der Waals surface area contributed by atoms with Crippen LogP contribution in [0.5, 0.6) is 0 Å². The predicted molar refractivity (Wildman–Crippen MR) is 43.3 cm³/mol. The van der Waals surface area contributed by atoms with Crippen LogP contribution in [-0.4, -0.2) is 15.2 Å². The predicted octanol–water partition coefficient (Wildman–Crippen LogP) is 1.64.